The van der Waals surface area contributed by atoms with Gasteiger partial charge in [0.15, 0.2) is 11.6 Å². The molecule has 0 saturated carbocycles. The Morgan fingerprint density at radius 2 is 1.85 bits per heavy atom. The van der Waals surface area contributed by atoms with E-state index in [4.69, 9.17) is 4.98 Å². The van der Waals surface area contributed by atoms with Gasteiger partial charge in [-0.15, -0.1) is 0 Å². The fourth-order valence-electron chi connectivity index (χ4n) is 3.13. The van der Waals surface area contributed by atoms with Gasteiger partial charge >= 0.3 is 0 Å². The molecule has 1 aromatic heterocycles. The summed E-state index contributed by atoms with van der Waals surface area (Å²) in [4.78, 5) is 18.7. The lowest BCUT2D eigenvalue weighted by molar-refractivity contribution is 0.312. The van der Waals surface area contributed by atoms with Crippen LogP contribution in [0, 0.1) is 0 Å². The van der Waals surface area contributed by atoms with Crippen molar-refractivity contribution in [2.24, 2.45) is 4.99 Å². The van der Waals surface area contributed by atoms with Crippen LogP contribution in [0.3, 0.4) is 0 Å². The summed E-state index contributed by atoms with van der Waals surface area (Å²) in [7, 11) is 2.15. The summed E-state index contributed by atoms with van der Waals surface area (Å²) in [6, 6.07) is 12.2. The number of amidine groups is 1. The summed E-state index contributed by atoms with van der Waals surface area (Å²) >= 11 is 0. The number of hydrogen-bond donors (Lipinski definition) is 2. The van der Waals surface area contributed by atoms with Crippen molar-refractivity contribution >= 4 is 29.6 Å². The lowest BCUT2D eigenvalue weighted by Crippen LogP contribution is -2.44. The number of benzene rings is 1. The van der Waals surface area contributed by atoms with Gasteiger partial charge in [-0.05, 0) is 18.7 Å². The second-order valence-electron chi connectivity index (χ2n) is 6.84. The van der Waals surface area contributed by atoms with E-state index in [1.807, 2.05) is 36.4 Å². The number of hydrazine groups is 1. The maximum Gasteiger partial charge on any atom is 0.160 e. The number of nitrogens with zero attached hydrogens (tertiary/aromatic N) is 5. The fourth-order valence-corrected chi connectivity index (χ4v) is 3.13. The van der Waals surface area contributed by atoms with Gasteiger partial charge in [-0.3, -0.25) is 0 Å². The minimum Gasteiger partial charge on any atom is -0.354 e. The van der Waals surface area contributed by atoms with E-state index >= 15 is 0 Å². The number of likely N-dealkylation sites (N-methyl/N-ethyl adjacent to an activating group) is 1. The van der Waals surface area contributed by atoms with E-state index in [9.17, 15) is 0 Å². The first-order valence-corrected chi connectivity index (χ1v) is 9.38. The molecule has 0 spiro atoms. The zero-order valence-electron chi connectivity index (χ0n) is 15.6. The number of hydrogen-bond acceptors (Lipinski definition) is 6. The SMILES string of the molecule is CN1CCN(c2cc(N=C3CCNN3)nc(/C=C/c3ccccc3)n2)CC1. The Hall–Kier alpha value is -2.77. The molecule has 0 radical (unpaired) electrons. The van der Waals surface area contributed by atoms with Crippen molar-refractivity contribution in [1.82, 2.24) is 25.7 Å². The zero-order chi connectivity index (χ0) is 18.5. The average molecular weight is 363 g/mol. The molecule has 2 aliphatic rings. The monoisotopic (exact) mass is 363 g/mol. The zero-order valence-corrected chi connectivity index (χ0v) is 15.6. The molecule has 1 aromatic carbocycles. The highest BCUT2D eigenvalue weighted by Crippen LogP contribution is 2.21. The van der Waals surface area contributed by atoms with Gasteiger partial charge in [0.25, 0.3) is 0 Å². The van der Waals surface area contributed by atoms with Crippen LogP contribution in [0.5, 0.6) is 0 Å². The van der Waals surface area contributed by atoms with Crippen LogP contribution in [0.1, 0.15) is 17.8 Å². The molecule has 140 valence electrons. The number of nitrogens with one attached hydrogen (secondary N) is 2. The highest BCUT2D eigenvalue weighted by Gasteiger charge is 2.17. The normalized spacial score (nSPS) is 19.7. The van der Waals surface area contributed by atoms with Crippen molar-refractivity contribution < 1.29 is 0 Å². The highest BCUT2D eigenvalue weighted by atomic mass is 15.4. The third-order valence-electron chi connectivity index (χ3n) is 4.74. The van der Waals surface area contributed by atoms with Crippen LogP contribution in [-0.2, 0) is 0 Å². The second-order valence-corrected chi connectivity index (χ2v) is 6.84. The second kappa shape index (κ2) is 8.28. The van der Waals surface area contributed by atoms with Crippen molar-refractivity contribution in [3.63, 3.8) is 0 Å². The fraction of sp³-hybridized carbons (Fsp3) is 0.350. The molecular formula is C20H25N7. The lowest BCUT2D eigenvalue weighted by Gasteiger charge is -2.33. The van der Waals surface area contributed by atoms with Gasteiger partial charge in [-0.2, -0.15) is 0 Å². The predicted octanol–water partition coefficient (Wildman–Crippen LogP) is 1.93. The van der Waals surface area contributed by atoms with Crippen LogP contribution >= 0.6 is 0 Å². The molecule has 2 N–H and O–H groups in total. The molecule has 2 aromatic rings. The highest BCUT2D eigenvalue weighted by molar-refractivity contribution is 5.85. The van der Waals surface area contributed by atoms with E-state index in [0.717, 1.165) is 56.4 Å². The van der Waals surface area contributed by atoms with E-state index in [1.54, 1.807) is 0 Å². The molecule has 0 unspecified atom stereocenters. The Balaban J connectivity index is 1.63. The molecule has 0 aliphatic carbocycles. The summed E-state index contributed by atoms with van der Waals surface area (Å²) in [6.45, 7) is 4.88. The quantitative estimate of drug-likeness (QED) is 0.865. The Morgan fingerprint density at radius 3 is 2.59 bits per heavy atom. The number of piperazine rings is 1. The van der Waals surface area contributed by atoms with Gasteiger partial charge in [0.2, 0.25) is 0 Å². The van der Waals surface area contributed by atoms with Gasteiger partial charge in [0.05, 0.1) is 0 Å². The summed E-state index contributed by atoms with van der Waals surface area (Å²) < 4.78 is 0. The van der Waals surface area contributed by atoms with Crippen LogP contribution in [0.25, 0.3) is 12.2 Å². The molecule has 0 atom stereocenters. The van der Waals surface area contributed by atoms with E-state index in [1.165, 1.54) is 0 Å². The molecule has 7 heteroatoms. The Labute approximate surface area is 159 Å². The molecule has 27 heavy (non-hydrogen) atoms. The van der Waals surface area contributed by atoms with Crippen molar-refractivity contribution in [2.75, 3.05) is 44.7 Å². The van der Waals surface area contributed by atoms with Crippen LogP contribution in [0.2, 0.25) is 0 Å². The number of aromatic nitrogens is 2. The van der Waals surface area contributed by atoms with Gasteiger partial charge in [-0.25, -0.2) is 20.4 Å². The summed E-state index contributed by atoms with van der Waals surface area (Å²) in [5.74, 6) is 3.23. The van der Waals surface area contributed by atoms with E-state index < -0.39 is 0 Å². The molecule has 3 heterocycles. The van der Waals surface area contributed by atoms with Crippen molar-refractivity contribution in [3.05, 3.63) is 47.8 Å². The summed E-state index contributed by atoms with van der Waals surface area (Å²) in [5.41, 5.74) is 7.30. The number of aliphatic imine (C=N–C) groups is 1. The summed E-state index contributed by atoms with van der Waals surface area (Å²) in [5, 5.41) is 0. The topological polar surface area (TPSA) is 68.7 Å². The first-order valence-electron chi connectivity index (χ1n) is 9.38. The van der Waals surface area contributed by atoms with Crippen molar-refractivity contribution in [1.29, 1.82) is 0 Å². The van der Waals surface area contributed by atoms with E-state index in [2.05, 4.69) is 49.8 Å². The van der Waals surface area contributed by atoms with E-state index in [-0.39, 0.29) is 0 Å². The molecule has 4 rings (SSSR count). The minimum atomic E-state index is 0.681. The largest absolute Gasteiger partial charge is 0.354 e. The molecule has 2 saturated heterocycles. The molecule has 0 amide bonds. The predicted molar refractivity (Wildman–Crippen MR) is 110 cm³/mol. The molecule has 0 bridgehead atoms. The standard InChI is InChI=1S/C20H25N7/c1-26-11-13-27(14-12-26)20-15-19(23-18-9-10-21-25-18)22-17(24-20)8-7-16-5-3-2-4-6-16/h2-8,15,21H,9-14H2,1H3,(H,22,23,24,25)/b8-7+. The average Bonchev–Trinajstić information content (AvgIpc) is 3.21. The van der Waals surface area contributed by atoms with Crippen molar-refractivity contribution in [2.45, 2.75) is 6.42 Å². The number of rotatable bonds is 4. The maximum absolute atomic E-state index is 4.78. The Morgan fingerprint density at radius 1 is 1.04 bits per heavy atom. The maximum atomic E-state index is 4.78. The Bertz CT molecular complexity index is 815. The van der Waals surface area contributed by atoms with Crippen LogP contribution in [0.15, 0.2) is 41.4 Å². The Kier molecular flexibility index (Phi) is 5.41. The first kappa shape index (κ1) is 17.6. The first-order chi connectivity index (χ1) is 13.3. The number of anilines is 1. The smallest absolute Gasteiger partial charge is 0.160 e. The molecular weight excluding hydrogens is 338 g/mol. The third-order valence-corrected chi connectivity index (χ3v) is 4.74. The van der Waals surface area contributed by atoms with Crippen LogP contribution in [0.4, 0.5) is 11.6 Å². The third kappa shape index (κ3) is 4.69. The van der Waals surface area contributed by atoms with Crippen LogP contribution < -0.4 is 15.8 Å². The van der Waals surface area contributed by atoms with Gasteiger partial charge < -0.3 is 15.2 Å². The van der Waals surface area contributed by atoms with Gasteiger partial charge in [-0.1, -0.05) is 36.4 Å². The van der Waals surface area contributed by atoms with Gasteiger partial charge in [0, 0.05) is 45.2 Å². The molecule has 2 aliphatic heterocycles. The van der Waals surface area contributed by atoms with E-state index in [0.29, 0.717) is 11.6 Å². The lowest BCUT2D eigenvalue weighted by atomic mass is 10.2. The van der Waals surface area contributed by atoms with Crippen LogP contribution in [-0.4, -0.2) is 60.5 Å². The molecule has 2 fully saturated rings. The molecule has 7 nitrogen and oxygen atoms in total. The van der Waals surface area contributed by atoms with Gasteiger partial charge in [0.1, 0.15) is 11.7 Å². The minimum absolute atomic E-state index is 0.681. The van der Waals surface area contributed by atoms with Crippen molar-refractivity contribution in [3.8, 4) is 0 Å². The summed E-state index contributed by atoms with van der Waals surface area (Å²) in [6.07, 6.45) is 4.87.